The number of nitrogens with two attached hydrogens (primary N) is 1. The number of hydrogen-bond acceptors (Lipinski definition) is 2. The summed E-state index contributed by atoms with van der Waals surface area (Å²) in [4.78, 5) is 0. The molecule has 1 aromatic carbocycles. The third kappa shape index (κ3) is 3.86. The molecule has 17 heavy (non-hydrogen) atoms. The van der Waals surface area contributed by atoms with E-state index in [4.69, 9.17) is 17.3 Å². The Morgan fingerprint density at radius 1 is 1.47 bits per heavy atom. The Labute approximate surface area is 105 Å². The Balaban J connectivity index is 3.13. The van der Waals surface area contributed by atoms with Crippen LogP contribution in [0.25, 0.3) is 0 Å². The summed E-state index contributed by atoms with van der Waals surface area (Å²) in [5.74, 6) is 0. The van der Waals surface area contributed by atoms with Crippen molar-refractivity contribution in [3.8, 4) is 0 Å². The molecule has 0 saturated heterocycles. The molecule has 0 aromatic heterocycles. The predicted molar refractivity (Wildman–Crippen MR) is 64.0 cm³/mol. The number of hydrogen-bond donors (Lipinski definition) is 2. The highest BCUT2D eigenvalue weighted by atomic mass is 35.5. The first-order valence-corrected chi connectivity index (χ1v) is 5.05. The summed E-state index contributed by atoms with van der Waals surface area (Å²) in [6, 6.07) is 3.45. The van der Waals surface area contributed by atoms with Gasteiger partial charge in [0.25, 0.3) is 0 Å². The van der Waals surface area contributed by atoms with E-state index >= 15 is 0 Å². The van der Waals surface area contributed by atoms with Gasteiger partial charge >= 0.3 is 6.18 Å². The zero-order valence-corrected chi connectivity index (χ0v) is 9.83. The van der Waals surface area contributed by atoms with Gasteiger partial charge in [0.15, 0.2) is 5.11 Å². The molecule has 0 atom stereocenters. The van der Waals surface area contributed by atoms with Crippen molar-refractivity contribution in [1.82, 2.24) is 5.43 Å². The molecule has 0 radical (unpaired) electrons. The van der Waals surface area contributed by atoms with Crippen molar-refractivity contribution >= 4 is 35.1 Å². The highest BCUT2D eigenvalue weighted by molar-refractivity contribution is 7.80. The molecular weight excluding hydrogens is 275 g/mol. The van der Waals surface area contributed by atoms with Crippen molar-refractivity contribution in [2.45, 2.75) is 6.18 Å². The van der Waals surface area contributed by atoms with Crippen molar-refractivity contribution in [2.75, 3.05) is 0 Å². The van der Waals surface area contributed by atoms with E-state index in [1.54, 1.807) is 0 Å². The van der Waals surface area contributed by atoms with Crippen LogP contribution in [0.3, 0.4) is 0 Å². The molecule has 0 spiro atoms. The van der Waals surface area contributed by atoms with E-state index in [1.807, 2.05) is 0 Å². The normalized spacial score (nSPS) is 11.8. The summed E-state index contributed by atoms with van der Waals surface area (Å²) in [5, 5.41) is 3.24. The van der Waals surface area contributed by atoms with E-state index < -0.39 is 11.7 Å². The number of nitrogens with one attached hydrogen (secondary N) is 1. The molecule has 0 unspecified atom stereocenters. The summed E-state index contributed by atoms with van der Waals surface area (Å²) in [5.41, 5.74) is 6.10. The molecule has 0 amide bonds. The molecule has 0 saturated carbocycles. The molecule has 0 heterocycles. The van der Waals surface area contributed by atoms with Crippen molar-refractivity contribution in [3.05, 3.63) is 34.3 Å². The van der Waals surface area contributed by atoms with Crippen LogP contribution < -0.4 is 11.2 Å². The molecule has 0 aliphatic rings. The molecule has 1 aromatic rings. The average Bonchev–Trinajstić information content (AvgIpc) is 2.18. The Hall–Kier alpha value is -1.34. The number of alkyl halides is 3. The van der Waals surface area contributed by atoms with Crippen molar-refractivity contribution in [2.24, 2.45) is 10.8 Å². The maximum Gasteiger partial charge on any atom is 0.417 e. The van der Waals surface area contributed by atoms with E-state index in [2.05, 4.69) is 22.7 Å². The van der Waals surface area contributed by atoms with Gasteiger partial charge in [-0.3, -0.25) is 5.43 Å². The quantitative estimate of drug-likeness (QED) is 0.497. The van der Waals surface area contributed by atoms with Crippen LogP contribution in [0.2, 0.25) is 5.02 Å². The highest BCUT2D eigenvalue weighted by Crippen LogP contribution is 2.33. The first-order valence-electron chi connectivity index (χ1n) is 4.26. The number of rotatable bonds is 2. The van der Waals surface area contributed by atoms with Crippen LogP contribution in [0.1, 0.15) is 11.1 Å². The first kappa shape index (κ1) is 13.7. The summed E-state index contributed by atoms with van der Waals surface area (Å²) < 4.78 is 37.9. The maximum atomic E-state index is 12.6. The summed E-state index contributed by atoms with van der Waals surface area (Å²) in [6.07, 6.45) is -3.58. The molecule has 92 valence electrons. The van der Waals surface area contributed by atoms with E-state index in [9.17, 15) is 13.2 Å². The highest BCUT2D eigenvalue weighted by Gasteiger charge is 2.33. The SMILES string of the molecule is NC(=S)NN=Cc1c(Cl)cccc1C(F)(F)F. The molecule has 0 aliphatic carbocycles. The van der Waals surface area contributed by atoms with E-state index in [1.165, 1.54) is 12.1 Å². The molecule has 0 fully saturated rings. The molecule has 3 nitrogen and oxygen atoms in total. The topological polar surface area (TPSA) is 50.4 Å². The van der Waals surface area contributed by atoms with Crippen molar-refractivity contribution in [3.63, 3.8) is 0 Å². The van der Waals surface area contributed by atoms with E-state index in [0.717, 1.165) is 12.3 Å². The Morgan fingerprint density at radius 3 is 2.65 bits per heavy atom. The van der Waals surface area contributed by atoms with Gasteiger partial charge in [-0.15, -0.1) is 0 Å². The Morgan fingerprint density at radius 2 is 2.12 bits per heavy atom. The summed E-state index contributed by atoms with van der Waals surface area (Å²) >= 11 is 10.1. The van der Waals surface area contributed by atoms with Gasteiger partial charge < -0.3 is 5.73 Å². The van der Waals surface area contributed by atoms with Gasteiger partial charge in [-0.1, -0.05) is 17.7 Å². The van der Waals surface area contributed by atoms with Crippen LogP contribution in [0, 0.1) is 0 Å². The maximum absolute atomic E-state index is 12.6. The number of halogens is 4. The van der Waals surface area contributed by atoms with Gasteiger partial charge in [0, 0.05) is 5.56 Å². The fraction of sp³-hybridized carbons (Fsp3) is 0.111. The van der Waals surface area contributed by atoms with Gasteiger partial charge in [-0.25, -0.2) is 0 Å². The minimum Gasteiger partial charge on any atom is -0.375 e. The van der Waals surface area contributed by atoms with Crippen molar-refractivity contribution < 1.29 is 13.2 Å². The smallest absolute Gasteiger partial charge is 0.375 e. The van der Waals surface area contributed by atoms with Gasteiger partial charge in [0.05, 0.1) is 16.8 Å². The predicted octanol–water partition coefficient (Wildman–Crippen LogP) is 2.53. The summed E-state index contributed by atoms with van der Waals surface area (Å²) in [6.45, 7) is 0. The second kappa shape index (κ2) is 5.33. The van der Waals surface area contributed by atoms with Crippen LogP contribution in [0.4, 0.5) is 13.2 Å². The zero-order chi connectivity index (χ0) is 13.1. The first-order chi connectivity index (χ1) is 7.82. The second-order valence-electron chi connectivity index (χ2n) is 2.93. The zero-order valence-electron chi connectivity index (χ0n) is 8.25. The molecule has 8 heteroatoms. The second-order valence-corrected chi connectivity index (χ2v) is 3.78. The standard InChI is InChI=1S/C9H7ClF3N3S/c10-7-3-1-2-6(9(11,12)13)5(7)4-15-16-8(14)17/h1-4H,(H3,14,16,17). The largest absolute Gasteiger partial charge is 0.417 e. The number of thiocarbonyl (C=S) groups is 1. The van der Waals surface area contributed by atoms with Gasteiger partial charge in [-0.05, 0) is 24.4 Å². The number of hydrazone groups is 1. The van der Waals surface area contributed by atoms with E-state index in [0.29, 0.717) is 0 Å². The monoisotopic (exact) mass is 281 g/mol. The number of benzene rings is 1. The fourth-order valence-electron chi connectivity index (χ4n) is 1.08. The lowest BCUT2D eigenvalue weighted by Gasteiger charge is -2.10. The van der Waals surface area contributed by atoms with Gasteiger partial charge in [-0.2, -0.15) is 18.3 Å². The van der Waals surface area contributed by atoms with Crippen LogP contribution in [0.15, 0.2) is 23.3 Å². The molecule has 3 N–H and O–H groups in total. The van der Waals surface area contributed by atoms with Crippen LogP contribution in [-0.4, -0.2) is 11.3 Å². The summed E-state index contributed by atoms with van der Waals surface area (Å²) in [7, 11) is 0. The fourth-order valence-corrected chi connectivity index (χ4v) is 1.35. The lowest BCUT2D eigenvalue weighted by atomic mass is 10.1. The number of nitrogens with zero attached hydrogens (tertiary/aromatic N) is 1. The van der Waals surface area contributed by atoms with Crippen molar-refractivity contribution in [1.29, 1.82) is 0 Å². The van der Waals surface area contributed by atoms with Crippen LogP contribution >= 0.6 is 23.8 Å². The van der Waals surface area contributed by atoms with Gasteiger partial charge in [0.1, 0.15) is 0 Å². The lowest BCUT2D eigenvalue weighted by Crippen LogP contribution is -2.24. The van der Waals surface area contributed by atoms with Crippen LogP contribution in [0.5, 0.6) is 0 Å². The Kier molecular flexibility index (Phi) is 4.30. The minimum absolute atomic E-state index is 0.0617. The lowest BCUT2D eigenvalue weighted by molar-refractivity contribution is -0.137. The third-order valence-electron chi connectivity index (χ3n) is 1.73. The van der Waals surface area contributed by atoms with Crippen LogP contribution in [-0.2, 0) is 6.18 Å². The molecule has 0 bridgehead atoms. The molecule has 1 rings (SSSR count). The average molecular weight is 282 g/mol. The van der Waals surface area contributed by atoms with E-state index in [-0.39, 0.29) is 15.7 Å². The van der Waals surface area contributed by atoms with Gasteiger partial charge in [0.2, 0.25) is 0 Å². The molecule has 0 aliphatic heterocycles. The third-order valence-corrected chi connectivity index (χ3v) is 2.15. The Bertz CT molecular complexity index is 459. The molecular formula is C9H7ClF3N3S. The minimum atomic E-state index is -4.50.